The zero-order valence-corrected chi connectivity index (χ0v) is 19.0. The van der Waals surface area contributed by atoms with Gasteiger partial charge in [0, 0.05) is 19.3 Å². The lowest BCUT2D eigenvalue weighted by molar-refractivity contribution is -0.136. The Balaban J connectivity index is 1.50. The van der Waals surface area contributed by atoms with Gasteiger partial charge in [-0.05, 0) is 65.8 Å². The van der Waals surface area contributed by atoms with E-state index in [0.29, 0.717) is 19.6 Å². The van der Waals surface area contributed by atoms with Crippen LogP contribution in [0.15, 0.2) is 66.7 Å². The molecule has 4 nitrogen and oxygen atoms in total. The first-order valence-electron chi connectivity index (χ1n) is 11.3. The van der Waals surface area contributed by atoms with Gasteiger partial charge in [-0.3, -0.25) is 4.79 Å². The number of hydrogen-bond donors (Lipinski definition) is 1. The standard InChI is InChI=1S/C28H32O4/c1-3-22-10-14-27(25(19-22)20-23-8-5-4-6-9-23)32-17-7-16-31-26-13-11-24(21(2)18-26)12-15-28(29)30/h4-6,8-11,13-14,18-19H,3,7,12,15-17,20H2,1-2H3,(H,29,30). The van der Waals surface area contributed by atoms with Crippen LogP contribution in [-0.4, -0.2) is 24.3 Å². The monoisotopic (exact) mass is 432 g/mol. The van der Waals surface area contributed by atoms with Gasteiger partial charge in [-0.25, -0.2) is 0 Å². The van der Waals surface area contributed by atoms with Crippen molar-refractivity contribution in [3.05, 3.63) is 94.5 Å². The lowest BCUT2D eigenvalue weighted by atomic mass is 10.0. The number of ether oxygens (including phenoxy) is 2. The van der Waals surface area contributed by atoms with E-state index < -0.39 is 5.97 Å². The minimum atomic E-state index is -0.777. The second-order valence-corrected chi connectivity index (χ2v) is 7.99. The van der Waals surface area contributed by atoms with Crippen molar-refractivity contribution in [1.82, 2.24) is 0 Å². The third-order valence-corrected chi connectivity index (χ3v) is 5.51. The highest BCUT2D eigenvalue weighted by atomic mass is 16.5. The molecule has 3 aromatic carbocycles. The number of benzene rings is 3. The summed E-state index contributed by atoms with van der Waals surface area (Å²) in [6.45, 7) is 5.30. The molecule has 0 aliphatic carbocycles. The molecule has 0 heterocycles. The van der Waals surface area contributed by atoms with E-state index in [-0.39, 0.29) is 6.42 Å². The van der Waals surface area contributed by atoms with Crippen LogP contribution in [0.4, 0.5) is 0 Å². The third-order valence-electron chi connectivity index (χ3n) is 5.51. The Morgan fingerprint density at radius 1 is 0.875 bits per heavy atom. The third kappa shape index (κ3) is 7.16. The summed E-state index contributed by atoms with van der Waals surface area (Å²) in [6.07, 6.45) is 3.32. The number of hydrogen-bond acceptors (Lipinski definition) is 3. The molecule has 0 bridgehead atoms. The number of aliphatic carboxylic acids is 1. The van der Waals surface area contributed by atoms with Crippen molar-refractivity contribution >= 4 is 5.97 Å². The van der Waals surface area contributed by atoms with Gasteiger partial charge in [0.1, 0.15) is 11.5 Å². The van der Waals surface area contributed by atoms with Crippen LogP contribution in [-0.2, 0) is 24.1 Å². The highest BCUT2D eigenvalue weighted by Crippen LogP contribution is 2.24. The van der Waals surface area contributed by atoms with Crippen LogP contribution in [0.3, 0.4) is 0 Å². The van der Waals surface area contributed by atoms with E-state index in [1.165, 1.54) is 16.7 Å². The van der Waals surface area contributed by atoms with Gasteiger partial charge in [0.15, 0.2) is 0 Å². The van der Waals surface area contributed by atoms with E-state index in [4.69, 9.17) is 14.6 Å². The molecule has 3 rings (SSSR count). The van der Waals surface area contributed by atoms with Gasteiger partial charge in [0.05, 0.1) is 13.2 Å². The summed E-state index contributed by atoms with van der Waals surface area (Å²) in [6, 6.07) is 22.8. The molecule has 0 saturated heterocycles. The first-order valence-corrected chi connectivity index (χ1v) is 11.3. The van der Waals surface area contributed by atoms with Crippen molar-refractivity contribution in [3.8, 4) is 11.5 Å². The molecule has 1 N–H and O–H groups in total. The highest BCUT2D eigenvalue weighted by Gasteiger charge is 2.07. The van der Waals surface area contributed by atoms with Crippen molar-refractivity contribution in [1.29, 1.82) is 0 Å². The normalized spacial score (nSPS) is 10.7. The van der Waals surface area contributed by atoms with E-state index in [9.17, 15) is 4.79 Å². The maximum atomic E-state index is 10.8. The topological polar surface area (TPSA) is 55.8 Å². The van der Waals surface area contributed by atoms with E-state index >= 15 is 0 Å². The van der Waals surface area contributed by atoms with Gasteiger partial charge >= 0.3 is 5.97 Å². The predicted molar refractivity (Wildman–Crippen MR) is 128 cm³/mol. The maximum Gasteiger partial charge on any atom is 0.303 e. The molecular formula is C28H32O4. The molecule has 0 aliphatic rings. The Kier molecular flexibility index (Phi) is 8.73. The number of carboxylic acids is 1. The van der Waals surface area contributed by atoms with Gasteiger partial charge in [-0.2, -0.15) is 0 Å². The predicted octanol–water partition coefficient (Wildman–Crippen LogP) is 6.01. The summed E-state index contributed by atoms with van der Waals surface area (Å²) in [5.74, 6) is 0.962. The fraction of sp³-hybridized carbons (Fsp3) is 0.321. The Bertz CT molecular complexity index is 1010. The number of aryl methyl sites for hydroxylation is 3. The summed E-state index contributed by atoms with van der Waals surface area (Å²) in [5.41, 5.74) is 5.90. The lowest BCUT2D eigenvalue weighted by Gasteiger charge is -2.14. The number of carboxylic acid groups (broad SMARTS) is 1. The molecule has 0 aromatic heterocycles. The molecule has 32 heavy (non-hydrogen) atoms. The molecule has 0 radical (unpaired) electrons. The Hall–Kier alpha value is -3.27. The summed E-state index contributed by atoms with van der Waals surface area (Å²) >= 11 is 0. The minimum absolute atomic E-state index is 0.143. The van der Waals surface area contributed by atoms with Crippen molar-refractivity contribution in [2.75, 3.05) is 13.2 Å². The summed E-state index contributed by atoms with van der Waals surface area (Å²) in [4.78, 5) is 10.8. The Morgan fingerprint density at radius 2 is 1.66 bits per heavy atom. The van der Waals surface area contributed by atoms with Crippen molar-refractivity contribution in [3.63, 3.8) is 0 Å². The second-order valence-electron chi connectivity index (χ2n) is 7.99. The van der Waals surface area contributed by atoms with Crippen LogP contribution in [0.1, 0.15) is 47.6 Å². The molecule has 0 fully saturated rings. The molecule has 0 aliphatic heterocycles. The zero-order valence-electron chi connectivity index (χ0n) is 19.0. The summed E-state index contributed by atoms with van der Waals surface area (Å²) in [7, 11) is 0. The van der Waals surface area contributed by atoms with E-state index in [2.05, 4.69) is 49.4 Å². The van der Waals surface area contributed by atoms with E-state index in [1.54, 1.807) is 0 Å². The molecule has 0 amide bonds. The van der Waals surface area contributed by atoms with E-state index in [1.807, 2.05) is 31.2 Å². The Labute approximate surface area is 190 Å². The second kappa shape index (κ2) is 11.9. The fourth-order valence-corrected chi connectivity index (χ4v) is 3.66. The molecule has 3 aromatic rings. The van der Waals surface area contributed by atoms with Gasteiger partial charge in [-0.15, -0.1) is 0 Å². The first-order chi connectivity index (χ1) is 15.5. The SMILES string of the molecule is CCc1ccc(OCCCOc2ccc(CCC(=O)O)c(C)c2)c(Cc2ccccc2)c1. The van der Waals surface area contributed by atoms with Crippen LogP contribution < -0.4 is 9.47 Å². The van der Waals surface area contributed by atoms with Gasteiger partial charge in [0.2, 0.25) is 0 Å². The molecule has 0 unspecified atom stereocenters. The van der Waals surface area contributed by atoms with Crippen LogP contribution in [0.25, 0.3) is 0 Å². The average Bonchev–Trinajstić information content (AvgIpc) is 2.79. The quantitative estimate of drug-likeness (QED) is 0.356. The molecule has 4 heteroatoms. The fourth-order valence-electron chi connectivity index (χ4n) is 3.66. The van der Waals surface area contributed by atoms with Crippen LogP contribution in [0, 0.1) is 6.92 Å². The van der Waals surface area contributed by atoms with Gasteiger partial charge in [0.25, 0.3) is 0 Å². The first kappa shape index (κ1) is 23.4. The molecule has 0 spiro atoms. The highest BCUT2D eigenvalue weighted by molar-refractivity contribution is 5.67. The number of rotatable bonds is 12. The zero-order chi connectivity index (χ0) is 22.8. The van der Waals surface area contributed by atoms with Crippen molar-refractivity contribution < 1.29 is 19.4 Å². The Morgan fingerprint density at radius 3 is 2.38 bits per heavy atom. The van der Waals surface area contributed by atoms with Gasteiger partial charge < -0.3 is 14.6 Å². The average molecular weight is 433 g/mol. The van der Waals surface area contributed by atoms with Crippen molar-refractivity contribution in [2.45, 2.75) is 46.0 Å². The molecule has 168 valence electrons. The largest absolute Gasteiger partial charge is 0.493 e. The van der Waals surface area contributed by atoms with E-state index in [0.717, 1.165) is 41.9 Å². The van der Waals surface area contributed by atoms with Crippen LogP contribution in [0.2, 0.25) is 0 Å². The molecule has 0 saturated carbocycles. The smallest absolute Gasteiger partial charge is 0.303 e. The molecule has 0 atom stereocenters. The minimum Gasteiger partial charge on any atom is -0.493 e. The summed E-state index contributed by atoms with van der Waals surface area (Å²) < 4.78 is 12.0. The lowest BCUT2D eigenvalue weighted by Crippen LogP contribution is -2.07. The number of carbonyl (C=O) groups is 1. The van der Waals surface area contributed by atoms with Crippen molar-refractivity contribution in [2.24, 2.45) is 0 Å². The van der Waals surface area contributed by atoms with Crippen LogP contribution in [0.5, 0.6) is 11.5 Å². The maximum absolute atomic E-state index is 10.8. The summed E-state index contributed by atoms with van der Waals surface area (Å²) in [5, 5.41) is 8.85. The van der Waals surface area contributed by atoms with Crippen LogP contribution >= 0.6 is 0 Å². The molecular weight excluding hydrogens is 400 g/mol. The van der Waals surface area contributed by atoms with Gasteiger partial charge in [-0.1, -0.05) is 55.5 Å².